The number of hydrogen-bond acceptors (Lipinski definition) is 9. The highest BCUT2D eigenvalue weighted by atomic mass is 32.2. The number of carbonyl (C=O) groups is 4. The summed E-state index contributed by atoms with van der Waals surface area (Å²) in [6.45, 7) is 1.93. The molecule has 12 heteroatoms. The fourth-order valence-corrected chi connectivity index (χ4v) is 7.20. The van der Waals surface area contributed by atoms with Crippen LogP contribution in [-0.2, 0) is 37.0 Å². The van der Waals surface area contributed by atoms with E-state index in [4.69, 9.17) is 14.2 Å². The quantitative estimate of drug-likeness (QED) is 0.125. The maximum absolute atomic E-state index is 13.4. The van der Waals surface area contributed by atoms with Crippen LogP contribution in [0.3, 0.4) is 0 Å². The molecular formula is C38H36N2O9S. The molecule has 4 aromatic carbocycles. The number of carboxylic acid groups (broad SMARTS) is 1. The molecule has 0 spiro atoms. The summed E-state index contributed by atoms with van der Waals surface area (Å²) in [6.07, 6.45) is -2.75. The first-order valence-corrected chi connectivity index (χ1v) is 17.1. The summed E-state index contributed by atoms with van der Waals surface area (Å²) in [5, 5.41) is 21.8. The second kappa shape index (κ2) is 15.7. The number of carbonyl (C=O) groups excluding carboxylic acids is 3. The number of nitrogens with one attached hydrogen (secondary N) is 1. The van der Waals surface area contributed by atoms with Gasteiger partial charge in [-0.2, -0.15) is 0 Å². The third-order valence-corrected chi connectivity index (χ3v) is 9.86. The van der Waals surface area contributed by atoms with Crippen LogP contribution in [0.15, 0.2) is 108 Å². The van der Waals surface area contributed by atoms with Gasteiger partial charge in [0.15, 0.2) is 6.29 Å². The lowest BCUT2D eigenvalue weighted by atomic mass is 9.91. The monoisotopic (exact) mass is 696 g/mol. The smallest absolute Gasteiger partial charge is 0.408 e. The van der Waals surface area contributed by atoms with E-state index in [1.807, 2.05) is 49.4 Å². The number of aromatic carboxylic acids is 1. The Bertz CT molecular complexity index is 1850. The number of alkyl carbamates (subject to hydrolysis) is 1. The van der Waals surface area contributed by atoms with Gasteiger partial charge in [-0.05, 0) is 41.0 Å². The van der Waals surface area contributed by atoms with Crippen LogP contribution >= 0.6 is 11.8 Å². The summed E-state index contributed by atoms with van der Waals surface area (Å²) in [5.74, 6) is -1.82. The minimum Gasteiger partial charge on any atom is -0.478 e. The zero-order chi connectivity index (χ0) is 35.2. The van der Waals surface area contributed by atoms with E-state index in [-0.39, 0.29) is 31.1 Å². The van der Waals surface area contributed by atoms with E-state index in [1.54, 1.807) is 60.7 Å². The maximum Gasteiger partial charge on any atom is 0.408 e. The van der Waals surface area contributed by atoms with Gasteiger partial charge in [0.25, 0.3) is 5.91 Å². The van der Waals surface area contributed by atoms with Crippen molar-refractivity contribution in [1.29, 1.82) is 0 Å². The average Bonchev–Trinajstić information content (AvgIpc) is 3.42. The highest BCUT2D eigenvalue weighted by Crippen LogP contribution is 2.44. The van der Waals surface area contributed by atoms with Crippen LogP contribution in [0.4, 0.5) is 10.5 Å². The molecule has 5 atom stereocenters. The van der Waals surface area contributed by atoms with Crippen LogP contribution in [0.2, 0.25) is 0 Å². The van der Waals surface area contributed by atoms with Crippen molar-refractivity contribution in [3.8, 4) is 0 Å². The second-order valence-electron chi connectivity index (χ2n) is 12.1. The summed E-state index contributed by atoms with van der Waals surface area (Å²) in [6, 6.07) is 29.0. The Morgan fingerprint density at radius 3 is 2.38 bits per heavy atom. The van der Waals surface area contributed by atoms with E-state index in [0.717, 1.165) is 21.6 Å². The summed E-state index contributed by atoms with van der Waals surface area (Å²) in [5.41, 5.74) is 3.48. The van der Waals surface area contributed by atoms with E-state index in [1.165, 1.54) is 11.8 Å². The van der Waals surface area contributed by atoms with Crippen molar-refractivity contribution in [3.63, 3.8) is 0 Å². The normalized spacial score (nSPS) is 22.0. The van der Waals surface area contributed by atoms with Gasteiger partial charge in [-0.3, -0.25) is 9.59 Å². The van der Waals surface area contributed by atoms with Crippen LogP contribution in [0.25, 0.3) is 0 Å². The summed E-state index contributed by atoms with van der Waals surface area (Å²) in [4.78, 5) is 52.5. The molecule has 2 heterocycles. The topological polar surface area (TPSA) is 152 Å². The molecule has 3 N–H and O–H groups in total. The molecule has 6 rings (SSSR count). The Hall–Kier alpha value is -5.01. The number of anilines is 1. The number of nitrogens with zero attached hydrogens (tertiary/aromatic N) is 1. The van der Waals surface area contributed by atoms with Gasteiger partial charge >= 0.3 is 12.1 Å². The van der Waals surface area contributed by atoms with Crippen molar-refractivity contribution in [3.05, 3.63) is 131 Å². The molecule has 5 unspecified atom stereocenters. The molecular weight excluding hydrogens is 660 g/mol. The second-order valence-corrected chi connectivity index (χ2v) is 13.1. The Morgan fingerprint density at radius 2 is 1.64 bits per heavy atom. The molecule has 2 fully saturated rings. The van der Waals surface area contributed by atoms with E-state index in [0.29, 0.717) is 21.9 Å². The SMILES string of the molecule is CC1C(CSc2ccccc2C(=O)O)OC(c2cccc(N3C(=O)CC(NC(=O)OCc4ccccc4)C3=O)c2)OC1c1ccc(CO)cc1. The van der Waals surface area contributed by atoms with Gasteiger partial charge in [0.1, 0.15) is 12.6 Å². The Morgan fingerprint density at radius 1 is 0.900 bits per heavy atom. The van der Waals surface area contributed by atoms with E-state index in [9.17, 15) is 29.4 Å². The van der Waals surface area contributed by atoms with Crippen LogP contribution < -0.4 is 10.2 Å². The molecule has 0 aliphatic carbocycles. The summed E-state index contributed by atoms with van der Waals surface area (Å²) in [7, 11) is 0. The zero-order valence-electron chi connectivity index (χ0n) is 27.1. The fraction of sp³-hybridized carbons (Fsp3) is 0.263. The molecule has 0 radical (unpaired) electrons. The first-order valence-electron chi connectivity index (χ1n) is 16.1. The molecule has 258 valence electrons. The number of aliphatic hydroxyl groups is 1. The minimum absolute atomic E-state index is 0.0193. The predicted octanol–water partition coefficient (Wildman–Crippen LogP) is 6.02. The number of benzene rings is 4. The first kappa shape index (κ1) is 34.8. The lowest BCUT2D eigenvalue weighted by Crippen LogP contribution is -2.42. The van der Waals surface area contributed by atoms with Crippen molar-refractivity contribution in [1.82, 2.24) is 5.32 Å². The molecule has 0 saturated carbocycles. The summed E-state index contributed by atoms with van der Waals surface area (Å²) < 4.78 is 18.3. The number of amides is 3. The largest absolute Gasteiger partial charge is 0.478 e. The number of carboxylic acids is 1. The molecule has 0 aromatic heterocycles. The van der Waals surface area contributed by atoms with Crippen LogP contribution in [0, 0.1) is 5.92 Å². The third-order valence-electron chi connectivity index (χ3n) is 8.70. The van der Waals surface area contributed by atoms with Gasteiger partial charge in [0.05, 0.1) is 36.5 Å². The Balaban J connectivity index is 1.20. The van der Waals surface area contributed by atoms with E-state index in [2.05, 4.69) is 5.32 Å². The van der Waals surface area contributed by atoms with E-state index >= 15 is 0 Å². The number of imide groups is 1. The van der Waals surface area contributed by atoms with E-state index < -0.39 is 48.4 Å². The molecule has 11 nitrogen and oxygen atoms in total. The number of ether oxygens (including phenoxy) is 3. The lowest BCUT2D eigenvalue weighted by molar-refractivity contribution is -0.268. The Kier molecular flexibility index (Phi) is 10.9. The van der Waals surface area contributed by atoms with Crippen LogP contribution in [0.5, 0.6) is 0 Å². The molecule has 2 saturated heterocycles. The Labute approximate surface area is 293 Å². The van der Waals surface area contributed by atoms with Gasteiger partial charge in [-0.25, -0.2) is 14.5 Å². The molecule has 4 aromatic rings. The van der Waals surface area contributed by atoms with Gasteiger partial charge in [-0.1, -0.05) is 85.8 Å². The predicted molar refractivity (Wildman–Crippen MR) is 184 cm³/mol. The molecule has 50 heavy (non-hydrogen) atoms. The fourth-order valence-electron chi connectivity index (χ4n) is 5.98. The summed E-state index contributed by atoms with van der Waals surface area (Å²) >= 11 is 1.38. The molecule has 2 aliphatic rings. The van der Waals surface area contributed by atoms with Crippen molar-refractivity contribution in [2.24, 2.45) is 5.92 Å². The highest BCUT2D eigenvalue weighted by Gasteiger charge is 2.42. The van der Waals surface area contributed by atoms with Crippen molar-refractivity contribution in [2.45, 2.75) is 56.0 Å². The van der Waals surface area contributed by atoms with Gasteiger partial charge < -0.3 is 29.7 Å². The first-order chi connectivity index (χ1) is 24.2. The lowest BCUT2D eigenvalue weighted by Gasteiger charge is -2.41. The van der Waals surface area contributed by atoms with Gasteiger partial charge in [0, 0.05) is 22.1 Å². The van der Waals surface area contributed by atoms with Gasteiger partial charge in [-0.15, -0.1) is 11.8 Å². The average molecular weight is 697 g/mol. The maximum atomic E-state index is 13.4. The number of hydrogen-bond donors (Lipinski definition) is 3. The minimum atomic E-state index is -1.08. The molecule has 3 amide bonds. The molecule has 2 aliphatic heterocycles. The molecule has 0 bridgehead atoms. The number of thioether (sulfide) groups is 1. The standard InChI is InChI=1S/C38H36N2O9S/c1-23-31(22-50-32-13-6-5-12-29(32)36(44)45)48-37(49-34(23)26-16-14-24(20-41)15-17-26)27-10-7-11-28(18-27)40-33(42)19-30(35(40)43)39-38(46)47-21-25-8-3-2-4-9-25/h2-18,23,30-31,34,37,41H,19-22H2,1H3,(H,39,46)(H,44,45). The van der Waals surface area contributed by atoms with Crippen molar-refractivity contribution < 1.29 is 43.6 Å². The van der Waals surface area contributed by atoms with Crippen molar-refractivity contribution in [2.75, 3.05) is 10.7 Å². The van der Waals surface area contributed by atoms with Crippen LogP contribution in [0.1, 0.15) is 58.4 Å². The number of rotatable bonds is 11. The third kappa shape index (κ3) is 7.89. The van der Waals surface area contributed by atoms with Crippen molar-refractivity contribution >= 4 is 41.3 Å². The number of aliphatic hydroxyl groups excluding tert-OH is 1. The van der Waals surface area contributed by atoms with Crippen LogP contribution in [-0.4, -0.2) is 52.0 Å². The van der Waals surface area contributed by atoms with Gasteiger partial charge in [0.2, 0.25) is 5.91 Å². The highest BCUT2D eigenvalue weighted by molar-refractivity contribution is 7.99. The zero-order valence-corrected chi connectivity index (χ0v) is 28.0.